The summed E-state index contributed by atoms with van der Waals surface area (Å²) < 4.78 is 17.1. The second-order valence-corrected chi connectivity index (χ2v) is 11.4. The number of thiazole rings is 1. The lowest BCUT2D eigenvalue weighted by Gasteiger charge is -2.14. The molecule has 2 amide bonds. The van der Waals surface area contributed by atoms with Gasteiger partial charge in [-0.3, -0.25) is 4.98 Å². The molecule has 2 aliphatic carbocycles. The summed E-state index contributed by atoms with van der Waals surface area (Å²) in [4.78, 5) is 21.8. The maximum atomic E-state index is 13.2. The van der Waals surface area contributed by atoms with Crippen LogP contribution >= 0.6 is 11.3 Å². The van der Waals surface area contributed by atoms with Gasteiger partial charge < -0.3 is 15.5 Å². The van der Waals surface area contributed by atoms with Crippen LogP contribution < -0.4 is 10.5 Å². The van der Waals surface area contributed by atoms with Gasteiger partial charge in [0.15, 0.2) is 9.92 Å². The van der Waals surface area contributed by atoms with Crippen LogP contribution in [0.15, 0.2) is 8.57 Å². The van der Waals surface area contributed by atoms with Crippen LogP contribution in [0.2, 0.25) is 0 Å². The average Bonchev–Trinajstić information content (AvgIpc) is 3.39. The third-order valence-electron chi connectivity index (χ3n) is 5.50. The monoisotopic (exact) mass is 465 g/mol. The highest BCUT2D eigenvalue weighted by Gasteiger charge is 2.29. The van der Waals surface area contributed by atoms with E-state index in [1.54, 1.807) is 13.8 Å². The number of hydrogen-bond donors (Lipinski definition) is 4. The van der Waals surface area contributed by atoms with Crippen LogP contribution in [0.25, 0.3) is 0 Å². The minimum absolute atomic E-state index is 0.0958. The van der Waals surface area contributed by atoms with E-state index in [0.29, 0.717) is 5.01 Å². The zero-order valence-electron chi connectivity index (χ0n) is 17.6. The third-order valence-corrected chi connectivity index (χ3v) is 8.88. The van der Waals surface area contributed by atoms with Crippen molar-refractivity contribution in [2.75, 3.05) is 11.9 Å². The summed E-state index contributed by atoms with van der Waals surface area (Å²) >= 11 is 0.945. The molecule has 2 aliphatic rings. The number of amides is 2. The summed E-state index contributed by atoms with van der Waals surface area (Å²) in [5, 5.41) is 28.7. The van der Waals surface area contributed by atoms with Crippen molar-refractivity contribution in [2.45, 2.75) is 68.6 Å². The Kier molecular flexibility index (Phi) is 5.90. The number of aliphatic hydroxyl groups excluding tert-OH is 1. The zero-order valence-corrected chi connectivity index (χ0v) is 19.2. The van der Waals surface area contributed by atoms with E-state index in [1.807, 2.05) is 0 Å². The first-order valence-corrected chi connectivity index (χ1v) is 12.7. The van der Waals surface area contributed by atoms with E-state index in [9.17, 15) is 19.2 Å². The van der Waals surface area contributed by atoms with E-state index in [-0.39, 0.29) is 22.9 Å². The Hall–Kier alpha value is -1.92. The van der Waals surface area contributed by atoms with Gasteiger partial charge in [0, 0.05) is 24.4 Å². The summed E-state index contributed by atoms with van der Waals surface area (Å²) in [5.41, 5.74) is 3.86. The van der Waals surface area contributed by atoms with Gasteiger partial charge in [-0.2, -0.15) is 0 Å². The van der Waals surface area contributed by atoms with E-state index in [0.717, 1.165) is 78.1 Å². The van der Waals surface area contributed by atoms with Gasteiger partial charge in [-0.05, 0) is 63.5 Å². The normalized spacial score (nSPS) is 17.2. The number of hydrogen-bond acceptors (Lipinski definition) is 7. The van der Waals surface area contributed by atoms with Gasteiger partial charge in [-0.15, -0.1) is 15.7 Å². The van der Waals surface area contributed by atoms with Gasteiger partial charge in [0.1, 0.15) is 14.8 Å². The summed E-state index contributed by atoms with van der Waals surface area (Å²) in [7, 11) is -3.62. The van der Waals surface area contributed by atoms with Crippen LogP contribution in [0.5, 0.6) is 0 Å². The van der Waals surface area contributed by atoms with E-state index >= 15 is 0 Å². The number of fused-ring (bicyclic) bond motifs is 2. The first-order chi connectivity index (χ1) is 14.6. The van der Waals surface area contributed by atoms with Gasteiger partial charge in [-0.1, -0.05) is 0 Å². The predicted octanol–water partition coefficient (Wildman–Crippen LogP) is 2.21. The fraction of sp³-hybridized carbons (Fsp3) is 0.550. The number of rotatable bonds is 5. The molecule has 0 spiro atoms. The van der Waals surface area contributed by atoms with Crippen molar-refractivity contribution in [2.24, 2.45) is 9.50 Å². The molecule has 4 rings (SSSR count). The highest BCUT2D eigenvalue weighted by Crippen LogP contribution is 2.37. The zero-order chi connectivity index (χ0) is 22.4. The quantitative estimate of drug-likeness (QED) is 0.531. The summed E-state index contributed by atoms with van der Waals surface area (Å²) in [5.74, 6) is 0. The van der Waals surface area contributed by atoms with Crippen molar-refractivity contribution in [3.63, 3.8) is 0 Å². The fourth-order valence-electron chi connectivity index (χ4n) is 4.12. The first kappa shape index (κ1) is 22.3. The van der Waals surface area contributed by atoms with Gasteiger partial charge in [0.2, 0.25) is 0 Å². The highest BCUT2D eigenvalue weighted by atomic mass is 32.2. The summed E-state index contributed by atoms with van der Waals surface area (Å²) in [6.07, 6.45) is 5.54. The molecule has 0 unspecified atom stereocenters. The Morgan fingerprint density at radius 1 is 1.19 bits per heavy atom. The number of pyridine rings is 1. The lowest BCUT2D eigenvalue weighted by Crippen LogP contribution is -2.19. The van der Waals surface area contributed by atoms with Crippen LogP contribution in [-0.4, -0.2) is 37.0 Å². The number of nitrogens with zero attached hydrogens (tertiary/aromatic N) is 3. The van der Waals surface area contributed by atoms with Gasteiger partial charge in [0.05, 0.1) is 11.4 Å². The maximum absolute atomic E-state index is 13.2. The SMILES string of the molecule is CC(C)(O)c1nc(CCO)c([S@](N)(=O)=NC(=O)Nc2c3c(nc4c2CCC4)CCC3)s1. The average molecular weight is 466 g/mol. The number of anilines is 1. The number of aryl methyl sites for hydroxylation is 2. The molecule has 2 aromatic heterocycles. The molecular formula is C20H27N5O4S2. The molecule has 1 atom stereocenters. The molecule has 31 heavy (non-hydrogen) atoms. The summed E-state index contributed by atoms with van der Waals surface area (Å²) in [6.45, 7) is 2.86. The first-order valence-electron chi connectivity index (χ1n) is 10.3. The maximum Gasteiger partial charge on any atom is 0.354 e. The summed E-state index contributed by atoms with van der Waals surface area (Å²) in [6, 6.07) is -0.782. The number of carbonyl (C=O) groups excluding carboxylic acids is 1. The van der Waals surface area contributed by atoms with Gasteiger partial charge >= 0.3 is 6.03 Å². The van der Waals surface area contributed by atoms with Crippen molar-refractivity contribution < 1.29 is 19.2 Å². The lowest BCUT2D eigenvalue weighted by atomic mass is 10.1. The largest absolute Gasteiger partial charge is 0.396 e. The van der Waals surface area contributed by atoms with Crippen LogP contribution in [0.1, 0.15) is 59.9 Å². The molecule has 0 saturated heterocycles. The fourth-order valence-corrected chi connectivity index (χ4v) is 6.66. The van der Waals surface area contributed by atoms with Crippen LogP contribution in [0.3, 0.4) is 0 Å². The molecule has 5 N–H and O–H groups in total. The molecule has 9 nitrogen and oxygen atoms in total. The van der Waals surface area contributed by atoms with Crippen LogP contribution in [-0.2, 0) is 47.6 Å². The van der Waals surface area contributed by atoms with Crippen LogP contribution in [0, 0.1) is 0 Å². The standard InChI is InChI=1S/C20H27N5O4S2/c1-20(2,28)18-23-15(9-10-26)17(30-18)31(21,29)25-19(27)24-16-11-5-3-7-13(11)22-14-8-4-6-12(14)16/h26,28H,3-10H2,1-2H3,(H3,21,22,24,25,27,29)/t31-/m1/s1. The Bertz CT molecular complexity index is 1130. The molecule has 0 fully saturated rings. The number of urea groups is 1. The Morgan fingerprint density at radius 3 is 2.35 bits per heavy atom. The molecule has 0 radical (unpaired) electrons. The van der Waals surface area contributed by atoms with Gasteiger partial charge in [0.25, 0.3) is 0 Å². The topological polar surface area (TPSA) is 151 Å². The molecule has 2 aromatic rings. The van der Waals surface area contributed by atoms with E-state index < -0.39 is 21.5 Å². The van der Waals surface area contributed by atoms with Crippen LogP contribution in [0.4, 0.5) is 10.5 Å². The molecule has 0 saturated carbocycles. The predicted molar refractivity (Wildman–Crippen MR) is 118 cm³/mol. The second-order valence-electron chi connectivity index (χ2n) is 8.42. The Labute approximate surface area is 185 Å². The minimum Gasteiger partial charge on any atom is -0.396 e. The van der Waals surface area contributed by atoms with Crippen molar-refractivity contribution in [3.05, 3.63) is 33.2 Å². The van der Waals surface area contributed by atoms with Crippen molar-refractivity contribution in [1.82, 2.24) is 9.97 Å². The Balaban J connectivity index is 1.69. The molecule has 0 aliphatic heterocycles. The third kappa shape index (κ3) is 4.37. The number of aliphatic hydroxyl groups is 2. The molecule has 0 bridgehead atoms. The van der Waals surface area contributed by atoms with Crippen molar-refractivity contribution in [3.8, 4) is 0 Å². The number of nitrogens with one attached hydrogen (secondary N) is 1. The molecule has 11 heteroatoms. The molecule has 2 heterocycles. The highest BCUT2D eigenvalue weighted by molar-refractivity contribution is 7.93. The van der Waals surface area contributed by atoms with E-state index in [4.69, 9.17) is 10.1 Å². The number of carbonyl (C=O) groups is 1. The smallest absolute Gasteiger partial charge is 0.354 e. The van der Waals surface area contributed by atoms with Gasteiger partial charge in [-0.25, -0.2) is 19.1 Å². The van der Waals surface area contributed by atoms with Crippen molar-refractivity contribution in [1.29, 1.82) is 0 Å². The lowest BCUT2D eigenvalue weighted by molar-refractivity contribution is 0.0780. The van der Waals surface area contributed by atoms with Crippen molar-refractivity contribution >= 4 is 33.0 Å². The molecular weight excluding hydrogens is 438 g/mol. The Morgan fingerprint density at radius 2 is 1.81 bits per heavy atom. The number of nitrogens with two attached hydrogens (primary N) is 1. The molecule has 168 valence electrons. The van der Waals surface area contributed by atoms with E-state index in [1.165, 1.54) is 0 Å². The number of aromatic nitrogens is 2. The van der Waals surface area contributed by atoms with E-state index in [2.05, 4.69) is 14.7 Å². The second kappa shape index (κ2) is 8.21. The minimum atomic E-state index is -3.62. The molecule has 0 aromatic carbocycles.